The van der Waals surface area contributed by atoms with Crippen molar-refractivity contribution in [2.75, 3.05) is 20.1 Å². The van der Waals surface area contributed by atoms with Crippen LogP contribution < -0.4 is 5.32 Å². The van der Waals surface area contributed by atoms with E-state index in [0.29, 0.717) is 0 Å². The summed E-state index contributed by atoms with van der Waals surface area (Å²) in [6.45, 7) is 3.18. The van der Waals surface area contributed by atoms with Crippen LogP contribution in [0.5, 0.6) is 0 Å². The van der Waals surface area contributed by atoms with Gasteiger partial charge in [-0.1, -0.05) is 30.3 Å². The van der Waals surface area contributed by atoms with Gasteiger partial charge in [-0.25, -0.2) is 4.79 Å². The van der Waals surface area contributed by atoms with E-state index in [0.717, 1.165) is 5.56 Å². The van der Waals surface area contributed by atoms with Gasteiger partial charge in [-0.2, -0.15) is 0 Å². The number of likely N-dealkylation sites (N-methyl/N-ethyl adjacent to an activating group) is 1. The normalized spacial score (nSPS) is 24.7. The summed E-state index contributed by atoms with van der Waals surface area (Å²) in [5, 5.41) is 2.57. The number of fused-ring (bicyclic) bond motifs is 1. The Morgan fingerprint density at radius 2 is 1.82 bits per heavy atom. The van der Waals surface area contributed by atoms with E-state index in [2.05, 4.69) is 5.32 Å². The number of nitrogens with one attached hydrogen (secondary N) is 1. The van der Waals surface area contributed by atoms with Gasteiger partial charge in [-0.3, -0.25) is 19.3 Å². The van der Waals surface area contributed by atoms with Crippen LogP contribution in [0.4, 0.5) is 4.79 Å². The first-order valence-corrected chi connectivity index (χ1v) is 9.11. The molecule has 28 heavy (non-hydrogen) atoms. The zero-order valence-electron chi connectivity index (χ0n) is 16.1. The van der Waals surface area contributed by atoms with Crippen LogP contribution >= 0.6 is 0 Å². The van der Waals surface area contributed by atoms with Crippen LogP contribution in [0.2, 0.25) is 0 Å². The Labute approximate surface area is 163 Å². The third kappa shape index (κ3) is 3.78. The average Bonchev–Trinajstić information content (AvgIpc) is 2.66. The van der Waals surface area contributed by atoms with Crippen molar-refractivity contribution in [3.05, 3.63) is 35.9 Å². The lowest BCUT2D eigenvalue weighted by molar-refractivity contribution is -0.168. The molecule has 2 saturated heterocycles. The van der Waals surface area contributed by atoms with Crippen molar-refractivity contribution in [3.63, 3.8) is 0 Å². The number of ether oxygens (including phenoxy) is 1. The maximum Gasteiger partial charge on any atom is 0.411 e. The number of hydrogen-bond acceptors (Lipinski definition) is 5. The van der Waals surface area contributed by atoms with E-state index in [1.54, 1.807) is 14.0 Å². The van der Waals surface area contributed by atoms with Crippen molar-refractivity contribution in [2.24, 2.45) is 0 Å². The smallest absolute Gasteiger partial charge is 0.411 e. The number of carbonyl (C=O) groups excluding carboxylic acids is 4. The lowest BCUT2D eigenvalue weighted by Gasteiger charge is -2.52. The highest BCUT2D eigenvalue weighted by Gasteiger charge is 2.50. The van der Waals surface area contributed by atoms with Crippen LogP contribution in [0.1, 0.15) is 19.4 Å². The Morgan fingerprint density at radius 1 is 1.14 bits per heavy atom. The number of carbonyl (C=O) groups is 4. The fourth-order valence-corrected chi connectivity index (χ4v) is 3.63. The lowest BCUT2D eigenvalue weighted by Crippen LogP contribution is -2.75. The molecule has 0 bridgehead atoms. The first-order chi connectivity index (χ1) is 13.3. The Hall–Kier alpha value is -3.10. The molecule has 3 atom stereocenters. The van der Waals surface area contributed by atoms with Crippen LogP contribution in [-0.4, -0.2) is 76.9 Å². The highest BCUT2D eigenvalue weighted by Crippen LogP contribution is 2.25. The number of benzene rings is 1. The molecule has 1 aromatic rings. The molecule has 0 radical (unpaired) electrons. The predicted molar refractivity (Wildman–Crippen MR) is 98.7 cm³/mol. The van der Waals surface area contributed by atoms with Crippen molar-refractivity contribution in [1.29, 1.82) is 0 Å². The molecular formula is C19H24N4O5. The summed E-state index contributed by atoms with van der Waals surface area (Å²) in [6.07, 6.45) is -1.24. The number of amides is 4. The third-order valence-corrected chi connectivity index (χ3v) is 5.02. The van der Waals surface area contributed by atoms with E-state index in [9.17, 15) is 19.2 Å². The Balaban J connectivity index is 1.82. The van der Waals surface area contributed by atoms with E-state index in [1.807, 2.05) is 30.3 Å². The van der Waals surface area contributed by atoms with Crippen molar-refractivity contribution in [1.82, 2.24) is 20.0 Å². The summed E-state index contributed by atoms with van der Waals surface area (Å²) < 4.78 is 5.44. The molecule has 2 aliphatic heterocycles. The minimum Gasteiger partial charge on any atom is -0.444 e. The molecule has 0 aromatic heterocycles. The van der Waals surface area contributed by atoms with Gasteiger partial charge in [0.2, 0.25) is 17.7 Å². The maximum atomic E-state index is 12.9. The lowest BCUT2D eigenvalue weighted by atomic mass is 10.0. The maximum absolute atomic E-state index is 12.9. The molecule has 3 rings (SSSR count). The molecule has 150 valence electrons. The molecule has 9 nitrogen and oxygen atoms in total. The number of hydrogen-bond donors (Lipinski definition) is 1. The van der Waals surface area contributed by atoms with E-state index >= 15 is 0 Å². The average molecular weight is 388 g/mol. The zero-order chi connectivity index (χ0) is 20.4. The van der Waals surface area contributed by atoms with Crippen LogP contribution in [-0.2, 0) is 25.7 Å². The molecular weight excluding hydrogens is 364 g/mol. The van der Waals surface area contributed by atoms with Crippen molar-refractivity contribution in [2.45, 2.75) is 38.7 Å². The first-order valence-electron chi connectivity index (χ1n) is 9.11. The van der Waals surface area contributed by atoms with Gasteiger partial charge >= 0.3 is 6.09 Å². The topological polar surface area (TPSA) is 99.3 Å². The number of rotatable bonds is 3. The summed E-state index contributed by atoms with van der Waals surface area (Å²) in [5.41, 5.74) is 0.837. The molecule has 1 N–H and O–H groups in total. The second kappa shape index (κ2) is 7.87. The summed E-state index contributed by atoms with van der Waals surface area (Å²) in [7, 11) is 1.63. The summed E-state index contributed by atoms with van der Waals surface area (Å²) >= 11 is 0. The van der Waals surface area contributed by atoms with Gasteiger partial charge in [-0.05, 0) is 12.5 Å². The predicted octanol–water partition coefficient (Wildman–Crippen LogP) is 0.159. The minimum absolute atomic E-state index is 0.0120. The van der Waals surface area contributed by atoms with Crippen LogP contribution in [0.25, 0.3) is 0 Å². The van der Waals surface area contributed by atoms with Gasteiger partial charge in [0, 0.05) is 14.0 Å². The molecule has 1 aromatic carbocycles. The first kappa shape index (κ1) is 19.7. The summed E-state index contributed by atoms with van der Waals surface area (Å²) in [5.74, 6) is -0.977. The molecule has 2 fully saturated rings. The zero-order valence-corrected chi connectivity index (χ0v) is 16.1. The standard InChI is InChI=1S/C19H24N4O5/c1-12-17(25)21(3)10-16-22(9-15(20-13(2)24)18(26)23(12)16)19(27)28-11-14-7-5-4-6-8-14/h4-8,12,15-16H,9-11H2,1-3H3,(H,20,24)/t12-,15-,16+/m0/s1. The molecule has 0 spiro atoms. The highest BCUT2D eigenvalue weighted by molar-refractivity contribution is 5.94. The molecule has 0 saturated carbocycles. The van der Waals surface area contributed by atoms with Crippen LogP contribution in [0.3, 0.4) is 0 Å². The van der Waals surface area contributed by atoms with E-state index < -0.39 is 24.3 Å². The fraction of sp³-hybridized carbons (Fsp3) is 0.474. The van der Waals surface area contributed by atoms with Gasteiger partial charge in [-0.15, -0.1) is 0 Å². The van der Waals surface area contributed by atoms with Crippen LogP contribution in [0.15, 0.2) is 30.3 Å². The summed E-state index contributed by atoms with van der Waals surface area (Å²) in [6, 6.07) is 7.59. The second-order valence-corrected chi connectivity index (χ2v) is 7.07. The summed E-state index contributed by atoms with van der Waals surface area (Å²) in [4.78, 5) is 53.8. The molecule has 2 aliphatic rings. The monoisotopic (exact) mass is 388 g/mol. The van der Waals surface area contributed by atoms with Gasteiger partial charge < -0.3 is 19.9 Å². The van der Waals surface area contributed by atoms with Crippen LogP contribution in [0, 0.1) is 0 Å². The Bertz CT molecular complexity index is 784. The quantitative estimate of drug-likeness (QED) is 0.795. The van der Waals surface area contributed by atoms with Gasteiger partial charge in [0.15, 0.2) is 0 Å². The van der Waals surface area contributed by atoms with E-state index in [4.69, 9.17) is 4.74 Å². The number of piperazine rings is 1. The minimum atomic E-state index is -0.920. The third-order valence-electron chi connectivity index (χ3n) is 5.02. The van der Waals surface area contributed by atoms with Gasteiger partial charge in [0.05, 0.1) is 13.1 Å². The largest absolute Gasteiger partial charge is 0.444 e. The van der Waals surface area contributed by atoms with Crippen molar-refractivity contribution >= 4 is 23.8 Å². The van der Waals surface area contributed by atoms with Gasteiger partial charge in [0.1, 0.15) is 24.9 Å². The number of nitrogens with zero attached hydrogens (tertiary/aromatic N) is 3. The second-order valence-electron chi connectivity index (χ2n) is 7.07. The molecule has 0 unspecified atom stereocenters. The SMILES string of the molecule is CC(=O)N[C@H]1CN(C(=O)OCc2ccccc2)[C@H]2CN(C)C(=O)[C@H](C)N2C1=O. The molecule has 0 aliphatic carbocycles. The van der Waals surface area contributed by atoms with Crippen molar-refractivity contribution < 1.29 is 23.9 Å². The van der Waals surface area contributed by atoms with Gasteiger partial charge in [0.25, 0.3) is 0 Å². The van der Waals surface area contributed by atoms with E-state index in [1.165, 1.54) is 21.6 Å². The molecule has 2 heterocycles. The molecule has 4 amide bonds. The Kier molecular flexibility index (Phi) is 5.53. The Morgan fingerprint density at radius 3 is 2.46 bits per heavy atom. The highest BCUT2D eigenvalue weighted by atomic mass is 16.6. The van der Waals surface area contributed by atoms with Crippen molar-refractivity contribution in [3.8, 4) is 0 Å². The van der Waals surface area contributed by atoms with E-state index in [-0.39, 0.29) is 37.4 Å². The fourth-order valence-electron chi connectivity index (χ4n) is 3.63. The molecule has 9 heteroatoms.